The Bertz CT molecular complexity index is 622. The molecule has 4 saturated carbocycles. The molecule has 0 aromatic heterocycles. The van der Waals surface area contributed by atoms with Crippen molar-refractivity contribution in [3.8, 4) is 0 Å². The van der Waals surface area contributed by atoms with Gasteiger partial charge >= 0.3 is 0 Å². The smallest absolute Gasteiger partial charge is 0.171 e. The summed E-state index contributed by atoms with van der Waals surface area (Å²) in [5, 5.41) is 8.40. The second-order valence-corrected chi connectivity index (χ2v) is 9.38. The molecule has 0 aliphatic heterocycles. The van der Waals surface area contributed by atoms with Crippen molar-refractivity contribution in [2.24, 2.45) is 23.2 Å². The average molecular weight is 363 g/mol. The molecule has 0 amide bonds. The van der Waals surface area contributed by atoms with E-state index in [0.717, 1.165) is 39.1 Å². The first-order chi connectivity index (χ1) is 11.4. The number of halogens is 1. The molecule has 2 nitrogen and oxygen atoms in total. The van der Waals surface area contributed by atoms with Gasteiger partial charge in [-0.2, -0.15) is 0 Å². The van der Waals surface area contributed by atoms with Crippen LogP contribution < -0.4 is 10.6 Å². The van der Waals surface area contributed by atoms with E-state index in [1.807, 2.05) is 25.1 Å². The van der Waals surface area contributed by atoms with Gasteiger partial charge in [0.1, 0.15) is 0 Å². The molecule has 4 aliphatic rings. The summed E-state index contributed by atoms with van der Waals surface area (Å²) in [5.41, 5.74) is 2.51. The molecule has 0 radical (unpaired) electrons. The third kappa shape index (κ3) is 3.06. The van der Waals surface area contributed by atoms with E-state index in [1.54, 1.807) is 0 Å². The molecule has 2 N–H and O–H groups in total. The highest BCUT2D eigenvalue weighted by molar-refractivity contribution is 7.80. The van der Waals surface area contributed by atoms with Crippen LogP contribution in [0, 0.1) is 30.1 Å². The fourth-order valence-electron chi connectivity index (χ4n) is 5.90. The first kappa shape index (κ1) is 16.7. The maximum atomic E-state index is 6.21. The van der Waals surface area contributed by atoms with Crippen LogP contribution in [0.25, 0.3) is 0 Å². The van der Waals surface area contributed by atoms with Gasteiger partial charge in [0.2, 0.25) is 0 Å². The second-order valence-electron chi connectivity index (χ2n) is 8.56. The second kappa shape index (κ2) is 6.17. The fourth-order valence-corrected chi connectivity index (χ4v) is 6.37. The molecule has 4 fully saturated rings. The van der Waals surface area contributed by atoms with Crippen molar-refractivity contribution in [1.29, 1.82) is 0 Å². The highest BCUT2D eigenvalue weighted by atomic mass is 35.5. The Labute approximate surface area is 155 Å². The van der Waals surface area contributed by atoms with Crippen molar-refractivity contribution in [3.63, 3.8) is 0 Å². The number of hydrogen-bond acceptors (Lipinski definition) is 1. The fraction of sp³-hybridized carbons (Fsp3) is 0.650. The highest BCUT2D eigenvalue weighted by Gasteiger charge is 2.53. The van der Waals surface area contributed by atoms with Gasteiger partial charge in [-0.1, -0.05) is 17.7 Å². The van der Waals surface area contributed by atoms with Crippen molar-refractivity contribution in [2.45, 2.75) is 58.4 Å². The lowest BCUT2D eigenvalue weighted by molar-refractivity contribution is -0.0671. The number of nitrogens with one attached hydrogen (secondary N) is 2. The molecule has 0 spiro atoms. The summed E-state index contributed by atoms with van der Waals surface area (Å²) >= 11 is 11.8. The standard InChI is InChI=1S/C20H27ClN2S/c1-12-3-4-17(8-18(12)21)23-19(24)22-13(2)20-9-14-5-15(10-20)7-16(6-14)11-20/h3-4,8,13-16H,5-7,9-11H2,1-2H3,(H2,22,23,24). The molecule has 1 aromatic rings. The molecule has 1 unspecified atom stereocenters. The van der Waals surface area contributed by atoms with Crippen LogP contribution in [0.15, 0.2) is 18.2 Å². The Morgan fingerprint density at radius 1 is 1.17 bits per heavy atom. The highest BCUT2D eigenvalue weighted by Crippen LogP contribution is 2.61. The molecule has 1 atom stereocenters. The monoisotopic (exact) mass is 362 g/mol. The summed E-state index contributed by atoms with van der Waals surface area (Å²) in [7, 11) is 0. The predicted molar refractivity (Wildman–Crippen MR) is 106 cm³/mol. The van der Waals surface area contributed by atoms with Gasteiger partial charge < -0.3 is 10.6 Å². The lowest BCUT2D eigenvalue weighted by Crippen LogP contribution is -2.56. The van der Waals surface area contributed by atoms with Gasteiger partial charge in [0.05, 0.1) is 0 Å². The maximum Gasteiger partial charge on any atom is 0.171 e. The van der Waals surface area contributed by atoms with Gasteiger partial charge in [0.15, 0.2) is 5.11 Å². The van der Waals surface area contributed by atoms with Crippen LogP contribution in [0.4, 0.5) is 5.69 Å². The Kier molecular flexibility index (Phi) is 4.29. The van der Waals surface area contributed by atoms with E-state index in [-0.39, 0.29) is 0 Å². The molecule has 5 rings (SSSR count). The summed E-state index contributed by atoms with van der Waals surface area (Å²) in [5.74, 6) is 2.91. The molecule has 1 aromatic carbocycles. The van der Waals surface area contributed by atoms with Crippen molar-refractivity contribution in [2.75, 3.05) is 5.32 Å². The third-order valence-corrected chi connectivity index (χ3v) is 7.41. The molecule has 0 heterocycles. The minimum Gasteiger partial charge on any atom is -0.359 e. The maximum absolute atomic E-state index is 6.21. The Hall–Kier alpha value is -0.800. The number of anilines is 1. The SMILES string of the molecule is Cc1ccc(NC(=S)NC(C)C23CC4CC(CC(C4)C2)C3)cc1Cl. The van der Waals surface area contributed by atoms with Crippen molar-refractivity contribution in [3.05, 3.63) is 28.8 Å². The quantitative estimate of drug-likeness (QED) is 0.690. The summed E-state index contributed by atoms with van der Waals surface area (Å²) in [6.07, 6.45) is 8.63. The molecule has 4 aliphatic carbocycles. The minimum atomic E-state index is 0.437. The Morgan fingerprint density at radius 3 is 2.29 bits per heavy atom. The molecular formula is C20H27ClN2S. The topological polar surface area (TPSA) is 24.1 Å². The van der Waals surface area contributed by atoms with E-state index in [1.165, 1.54) is 38.5 Å². The van der Waals surface area contributed by atoms with Crippen LogP contribution in [0.3, 0.4) is 0 Å². The lowest BCUT2D eigenvalue weighted by Gasteiger charge is -2.59. The van der Waals surface area contributed by atoms with Crippen LogP contribution in [-0.2, 0) is 0 Å². The van der Waals surface area contributed by atoms with Gasteiger partial charge in [0, 0.05) is 16.8 Å². The van der Waals surface area contributed by atoms with Gasteiger partial charge in [-0.15, -0.1) is 0 Å². The lowest BCUT2D eigenvalue weighted by atomic mass is 9.48. The average Bonchev–Trinajstić information content (AvgIpc) is 2.49. The summed E-state index contributed by atoms with van der Waals surface area (Å²) < 4.78 is 0. The minimum absolute atomic E-state index is 0.437. The summed E-state index contributed by atoms with van der Waals surface area (Å²) in [6.45, 7) is 4.35. The van der Waals surface area contributed by atoms with E-state index in [2.05, 4.69) is 17.6 Å². The largest absolute Gasteiger partial charge is 0.359 e. The first-order valence-corrected chi connectivity index (χ1v) is 10.1. The van der Waals surface area contributed by atoms with E-state index in [4.69, 9.17) is 23.8 Å². The molecule has 24 heavy (non-hydrogen) atoms. The van der Waals surface area contributed by atoms with Crippen molar-refractivity contribution >= 4 is 34.6 Å². The van der Waals surface area contributed by atoms with Crippen LogP contribution in [0.1, 0.15) is 51.0 Å². The van der Waals surface area contributed by atoms with Gasteiger partial charge in [-0.3, -0.25) is 0 Å². The van der Waals surface area contributed by atoms with Crippen LogP contribution in [-0.4, -0.2) is 11.2 Å². The summed E-state index contributed by atoms with van der Waals surface area (Å²) in [6, 6.07) is 6.44. The molecule has 4 heteroatoms. The van der Waals surface area contributed by atoms with Crippen molar-refractivity contribution in [1.82, 2.24) is 5.32 Å². The number of aryl methyl sites for hydroxylation is 1. The van der Waals surface area contributed by atoms with E-state index < -0.39 is 0 Å². The summed E-state index contributed by atoms with van der Waals surface area (Å²) in [4.78, 5) is 0. The first-order valence-electron chi connectivity index (χ1n) is 9.27. The predicted octanol–water partition coefficient (Wildman–Crippen LogP) is 5.54. The van der Waals surface area contributed by atoms with Gasteiger partial charge in [-0.25, -0.2) is 0 Å². The van der Waals surface area contributed by atoms with Crippen LogP contribution >= 0.6 is 23.8 Å². The van der Waals surface area contributed by atoms with Crippen LogP contribution in [0.2, 0.25) is 5.02 Å². The van der Waals surface area contributed by atoms with Gasteiger partial charge in [0.25, 0.3) is 0 Å². The van der Waals surface area contributed by atoms with E-state index >= 15 is 0 Å². The Balaban J connectivity index is 1.41. The normalized spacial score (nSPS) is 34.9. The van der Waals surface area contributed by atoms with Gasteiger partial charge in [-0.05, 0) is 105 Å². The number of benzene rings is 1. The Morgan fingerprint density at radius 2 is 1.75 bits per heavy atom. The zero-order valence-electron chi connectivity index (χ0n) is 14.6. The van der Waals surface area contributed by atoms with Crippen LogP contribution in [0.5, 0.6) is 0 Å². The number of hydrogen-bond donors (Lipinski definition) is 2. The zero-order chi connectivity index (χ0) is 16.9. The molecule has 0 saturated heterocycles. The molecule has 130 valence electrons. The van der Waals surface area contributed by atoms with E-state index in [9.17, 15) is 0 Å². The number of thiocarbonyl (C=S) groups is 1. The molecule has 4 bridgehead atoms. The third-order valence-electron chi connectivity index (χ3n) is 6.78. The van der Waals surface area contributed by atoms with Crippen molar-refractivity contribution < 1.29 is 0 Å². The zero-order valence-corrected chi connectivity index (χ0v) is 16.1. The molecular weight excluding hydrogens is 336 g/mol. The van der Waals surface area contributed by atoms with E-state index in [0.29, 0.717) is 11.5 Å². The number of rotatable bonds is 3.